The quantitative estimate of drug-likeness (QED) is 0.866. The number of thioether (sulfide) groups is 1. The molecule has 112 valence electrons. The second-order valence-corrected chi connectivity index (χ2v) is 6.71. The average Bonchev–Trinajstić information content (AvgIpc) is 2.53. The molecule has 3 rings (SSSR count). The third-order valence-corrected chi connectivity index (χ3v) is 5.07. The van der Waals surface area contributed by atoms with Gasteiger partial charge in [0.1, 0.15) is 5.76 Å². The van der Waals surface area contributed by atoms with E-state index in [1.165, 1.54) is 17.3 Å². The SMILES string of the molecule is Cc1ccc(SC2=C(O)CC(c3ccccc3)CC2=O)cc1. The van der Waals surface area contributed by atoms with Gasteiger partial charge in [0, 0.05) is 17.7 Å². The fourth-order valence-corrected chi connectivity index (χ4v) is 3.58. The van der Waals surface area contributed by atoms with E-state index >= 15 is 0 Å². The van der Waals surface area contributed by atoms with Gasteiger partial charge in [-0.2, -0.15) is 0 Å². The molecule has 0 bridgehead atoms. The average molecular weight is 310 g/mol. The molecule has 2 aromatic carbocycles. The normalized spacial score (nSPS) is 18.6. The minimum absolute atomic E-state index is 0.0307. The first kappa shape index (κ1) is 14.9. The number of hydrogen-bond acceptors (Lipinski definition) is 3. The summed E-state index contributed by atoms with van der Waals surface area (Å²) in [6.07, 6.45) is 0.992. The lowest BCUT2D eigenvalue weighted by Crippen LogP contribution is -2.16. The number of Topliss-reactive ketones (excluding diaryl/α,β-unsaturated/α-hetero) is 1. The van der Waals surface area contributed by atoms with Crippen LogP contribution in [-0.4, -0.2) is 10.9 Å². The minimum atomic E-state index is 0.0307. The van der Waals surface area contributed by atoms with Crippen LogP contribution in [0.4, 0.5) is 0 Å². The summed E-state index contributed by atoms with van der Waals surface area (Å²) in [6.45, 7) is 2.03. The Bertz CT molecular complexity index is 702. The van der Waals surface area contributed by atoms with Crippen molar-refractivity contribution in [2.45, 2.75) is 30.6 Å². The highest BCUT2D eigenvalue weighted by molar-refractivity contribution is 8.04. The summed E-state index contributed by atoms with van der Waals surface area (Å²) in [4.78, 5) is 13.9. The lowest BCUT2D eigenvalue weighted by atomic mass is 9.86. The molecule has 3 heteroatoms. The Morgan fingerprint density at radius 3 is 2.32 bits per heavy atom. The molecule has 0 amide bonds. The van der Waals surface area contributed by atoms with Crippen molar-refractivity contribution in [2.24, 2.45) is 0 Å². The number of hydrogen-bond donors (Lipinski definition) is 1. The maximum absolute atomic E-state index is 12.4. The van der Waals surface area contributed by atoms with Gasteiger partial charge in [-0.1, -0.05) is 59.8 Å². The zero-order valence-corrected chi connectivity index (χ0v) is 13.3. The topological polar surface area (TPSA) is 37.3 Å². The molecule has 2 aromatic rings. The summed E-state index contributed by atoms with van der Waals surface area (Å²) in [5.74, 6) is 0.329. The Morgan fingerprint density at radius 1 is 1.00 bits per heavy atom. The smallest absolute Gasteiger partial charge is 0.173 e. The second-order valence-electron chi connectivity index (χ2n) is 5.63. The van der Waals surface area contributed by atoms with Crippen molar-refractivity contribution in [1.82, 2.24) is 0 Å². The number of aryl methyl sites for hydroxylation is 1. The van der Waals surface area contributed by atoms with Crippen LogP contribution in [0.3, 0.4) is 0 Å². The molecule has 0 aliphatic heterocycles. The molecule has 0 saturated carbocycles. The van der Waals surface area contributed by atoms with Gasteiger partial charge in [-0.25, -0.2) is 0 Å². The molecule has 1 aliphatic rings. The first-order valence-corrected chi connectivity index (χ1v) is 8.20. The number of carbonyl (C=O) groups is 1. The fourth-order valence-electron chi connectivity index (χ4n) is 2.68. The van der Waals surface area contributed by atoms with Crippen molar-refractivity contribution in [3.63, 3.8) is 0 Å². The van der Waals surface area contributed by atoms with Crippen molar-refractivity contribution in [2.75, 3.05) is 0 Å². The number of allylic oxidation sites excluding steroid dienone is 2. The zero-order chi connectivity index (χ0) is 15.5. The van der Waals surface area contributed by atoms with Gasteiger partial charge < -0.3 is 5.11 Å². The molecule has 2 nitrogen and oxygen atoms in total. The molecule has 0 radical (unpaired) electrons. The van der Waals surface area contributed by atoms with E-state index in [0.717, 1.165) is 10.5 Å². The Kier molecular flexibility index (Phi) is 4.34. The van der Waals surface area contributed by atoms with E-state index in [1.54, 1.807) is 0 Å². The summed E-state index contributed by atoms with van der Waals surface area (Å²) in [5.41, 5.74) is 2.29. The predicted octanol–water partition coefficient (Wildman–Crippen LogP) is 5.00. The molecule has 0 heterocycles. The Morgan fingerprint density at radius 2 is 1.68 bits per heavy atom. The first-order chi connectivity index (χ1) is 10.6. The van der Waals surface area contributed by atoms with Gasteiger partial charge in [-0.3, -0.25) is 4.79 Å². The standard InChI is InChI=1S/C19H18O2S/c1-13-7-9-16(10-8-13)22-19-17(20)11-15(12-18(19)21)14-5-3-2-4-6-14/h2-10,15,20H,11-12H2,1H3. The molecule has 1 atom stereocenters. The fraction of sp³-hybridized carbons (Fsp3) is 0.211. The molecule has 1 unspecified atom stereocenters. The molecule has 1 N–H and O–H groups in total. The van der Waals surface area contributed by atoms with Crippen molar-refractivity contribution >= 4 is 17.5 Å². The summed E-state index contributed by atoms with van der Waals surface area (Å²) in [7, 11) is 0. The highest BCUT2D eigenvalue weighted by atomic mass is 32.2. The monoisotopic (exact) mass is 310 g/mol. The van der Waals surface area contributed by atoms with Crippen LogP contribution in [0.2, 0.25) is 0 Å². The third kappa shape index (κ3) is 3.25. The Hall–Kier alpha value is -2.00. The number of carbonyl (C=O) groups excluding carboxylic acids is 1. The molecule has 0 aromatic heterocycles. The predicted molar refractivity (Wildman–Crippen MR) is 90.1 cm³/mol. The van der Waals surface area contributed by atoms with Crippen LogP contribution in [0.1, 0.15) is 29.9 Å². The van der Waals surface area contributed by atoms with Crippen molar-refractivity contribution < 1.29 is 9.90 Å². The van der Waals surface area contributed by atoms with Crippen LogP contribution in [0.15, 0.2) is 70.2 Å². The molecule has 0 saturated heterocycles. The molecular weight excluding hydrogens is 292 g/mol. The number of benzene rings is 2. The van der Waals surface area contributed by atoms with E-state index in [-0.39, 0.29) is 17.5 Å². The van der Waals surface area contributed by atoms with Gasteiger partial charge in [-0.05, 0) is 30.5 Å². The van der Waals surface area contributed by atoms with Gasteiger partial charge >= 0.3 is 0 Å². The van der Waals surface area contributed by atoms with E-state index in [0.29, 0.717) is 17.7 Å². The van der Waals surface area contributed by atoms with Crippen LogP contribution in [-0.2, 0) is 4.79 Å². The molecule has 1 aliphatic carbocycles. The largest absolute Gasteiger partial charge is 0.511 e. The van der Waals surface area contributed by atoms with Gasteiger partial charge in [0.15, 0.2) is 5.78 Å². The van der Waals surface area contributed by atoms with Crippen molar-refractivity contribution in [3.05, 3.63) is 76.4 Å². The van der Waals surface area contributed by atoms with Crippen LogP contribution in [0.5, 0.6) is 0 Å². The lowest BCUT2D eigenvalue weighted by Gasteiger charge is -2.23. The Labute approximate surface area is 134 Å². The number of rotatable bonds is 3. The van der Waals surface area contributed by atoms with Gasteiger partial charge in [0.05, 0.1) is 4.91 Å². The summed E-state index contributed by atoms with van der Waals surface area (Å²) in [5, 5.41) is 10.3. The van der Waals surface area contributed by atoms with E-state index in [1.807, 2.05) is 61.5 Å². The van der Waals surface area contributed by atoms with Gasteiger partial charge in [-0.15, -0.1) is 0 Å². The highest BCUT2D eigenvalue weighted by Gasteiger charge is 2.29. The Balaban J connectivity index is 1.80. The van der Waals surface area contributed by atoms with E-state index in [2.05, 4.69) is 0 Å². The van der Waals surface area contributed by atoms with Crippen LogP contribution in [0, 0.1) is 6.92 Å². The van der Waals surface area contributed by atoms with Crippen LogP contribution >= 0.6 is 11.8 Å². The summed E-state index contributed by atoms with van der Waals surface area (Å²) in [6, 6.07) is 17.9. The number of aliphatic hydroxyl groups is 1. The lowest BCUT2D eigenvalue weighted by molar-refractivity contribution is -0.115. The molecule has 0 spiro atoms. The maximum atomic E-state index is 12.4. The third-order valence-electron chi connectivity index (χ3n) is 3.90. The second kappa shape index (κ2) is 6.41. The molecule has 22 heavy (non-hydrogen) atoms. The summed E-state index contributed by atoms with van der Waals surface area (Å²) >= 11 is 1.37. The first-order valence-electron chi connectivity index (χ1n) is 7.38. The van der Waals surface area contributed by atoms with Crippen molar-refractivity contribution in [3.8, 4) is 0 Å². The van der Waals surface area contributed by atoms with E-state index in [4.69, 9.17) is 0 Å². The number of ketones is 1. The maximum Gasteiger partial charge on any atom is 0.173 e. The van der Waals surface area contributed by atoms with E-state index < -0.39 is 0 Å². The highest BCUT2D eigenvalue weighted by Crippen LogP contribution is 2.40. The summed E-state index contributed by atoms with van der Waals surface area (Å²) < 4.78 is 0. The molecular formula is C19H18O2S. The minimum Gasteiger partial charge on any atom is -0.511 e. The van der Waals surface area contributed by atoms with Crippen LogP contribution in [0.25, 0.3) is 0 Å². The van der Waals surface area contributed by atoms with Crippen LogP contribution < -0.4 is 0 Å². The molecule has 0 fully saturated rings. The van der Waals surface area contributed by atoms with Gasteiger partial charge in [0.2, 0.25) is 0 Å². The zero-order valence-electron chi connectivity index (χ0n) is 12.5. The van der Waals surface area contributed by atoms with Gasteiger partial charge in [0.25, 0.3) is 0 Å². The van der Waals surface area contributed by atoms with Crippen molar-refractivity contribution in [1.29, 1.82) is 0 Å². The van der Waals surface area contributed by atoms with E-state index in [9.17, 15) is 9.90 Å². The number of aliphatic hydroxyl groups excluding tert-OH is 1.